The number of hydrogen-bond donors (Lipinski definition) is 0. The zero-order chi connectivity index (χ0) is 12.8. The summed E-state index contributed by atoms with van der Waals surface area (Å²) in [7, 11) is 0. The molecule has 1 atom stereocenters. The first-order valence-electron chi connectivity index (χ1n) is 6.35. The van der Waals surface area contributed by atoms with Gasteiger partial charge in [-0.25, -0.2) is 0 Å². The Labute approximate surface area is 108 Å². The van der Waals surface area contributed by atoms with Crippen molar-refractivity contribution in [2.75, 3.05) is 0 Å². The monoisotopic (exact) mass is 235 g/mol. The second kappa shape index (κ2) is 3.81. The summed E-state index contributed by atoms with van der Waals surface area (Å²) in [6.45, 7) is 6.51. The maximum atomic E-state index is 4.72. The van der Waals surface area contributed by atoms with E-state index in [4.69, 9.17) is 4.99 Å². The van der Waals surface area contributed by atoms with E-state index >= 15 is 0 Å². The van der Waals surface area contributed by atoms with Crippen LogP contribution in [0.15, 0.2) is 53.5 Å². The van der Waals surface area contributed by atoms with E-state index in [0.717, 1.165) is 5.69 Å². The van der Waals surface area contributed by atoms with Gasteiger partial charge >= 0.3 is 0 Å². The molecule has 0 bridgehead atoms. The summed E-state index contributed by atoms with van der Waals surface area (Å²) in [6, 6.07) is 17.2. The number of aliphatic imine (C=N–C) groups is 1. The van der Waals surface area contributed by atoms with Gasteiger partial charge in [0.15, 0.2) is 0 Å². The van der Waals surface area contributed by atoms with Crippen LogP contribution < -0.4 is 0 Å². The predicted octanol–water partition coefficient (Wildman–Crippen LogP) is 4.41. The summed E-state index contributed by atoms with van der Waals surface area (Å²) in [5.74, 6) is 0. The molecule has 2 aromatic rings. The van der Waals surface area contributed by atoms with Crippen LogP contribution in [0.25, 0.3) is 0 Å². The van der Waals surface area contributed by atoms with Crippen LogP contribution in [0.5, 0.6) is 0 Å². The third kappa shape index (κ3) is 1.43. The van der Waals surface area contributed by atoms with Crippen LogP contribution in [-0.4, -0.2) is 5.71 Å². The van der Waals surface area contributed by atoms with Gasteiger partial charge in [-0.05, 0) is 38.0 Å². The lowest BCUT2D eigenvalue weighted by Gasteiger charge is -2.27. The Morgan fingerprint density at radius 3 is 2.28 bits per heavy atom. The van der Waals surface area contributed by atoms with Gasteiger partial charge in [0.1, 0.15) is 0 Å². The molecule has 0 amide bonds. The van der Waals surface area contributed by atoms with Crippen LogP contribution in [0.2, 0.25) is 0 Å². The Morgan fingerprint density at radius 1 is 0.889 bits per heavy atom. The van der Waals surface area contributed by atoms with Gasteiger partial charge in [-0.2, -0.15) is 0 Å². The van der Waals surface area contributed by atoms with Crippen molar-refractivity contribution >= 4 is 11.4 Å². The Morgan fingerprint density at radius 2 is 1.56 bits per heavy atom. The van der Waals surface area contributed by atoms with Crippen LogP contribution in [0, 0.1) is 6.92 Å². The summed E-state index contributed by atoms with van der Waals surface area (Å²) in [5, 5.41) is 0. The van der Waals surface area contributed by atoms with Crippen LogP contribution in [-0.2, 0) is 5.41 Å². The highest BCUT2D eigenvalue weighted by Crippen LogP contribution is 2.44. The molecule has 0 saturated carbocycles. The molecule has 0 saturated heterocycles. The normalized spacial score (nSPS) is 21.6. The molecule has 0 radical (unpaired) electrons. The second-order valence-electron chi connectivity index (χ2n) is 5.21. The van der Waals surface area contributed by atoms with Gasteiger partial charge in [-0.3, -0.25) is 4.99 Å². The first-order valence-corrected chi connectivity index (χ1v) is 6.35. The molecule has 1 heteroatoms. The molecule has 0 N–H and O–H groups in total. The van der Waals surface area contributed by atoms with Gasteiger partial charge in [-0.15, -0.1) is 0 Å². The third-order valence-electron chi connectivity index (χ3n) is 4.08. The predicted molar refractivity (Wildman–Crippen MR) is 76.8 cm³/mol. The summed E-state index contributed by atoms with van der Waals surface area (Å²) < 4.78 is 0. The molecule has 0 aliphatic carbocycles. The topological polar surface area (TPSA) is 12.4 Å². The SMILES string of the molecule is CC1=Nc2ccccc2C1(C)c1ccc(C)cc1. The zero-order valence-electron chi connectivity index (χ0n) is 11.1. The molecular formula is C17H17N. The number of para-hydroxylation sites is 1. The highest BCUT2D eigenvalue weighted by atomic mass is 14.8. The van der Waals surface area contributed by atoms with Crippen molar-refractivity contribution in [3.63, 3.8) is 0 Å². The summed E-state index contributed by atoms with van der Waals surface area (Å²) in [6.07, 6.45) is 0. The molecule has 18 heavy (non-hydrogen) atoms. The quantitative estimate of drug-likeness (QED) is 0.694. The minimum atomic E-state index is -0.0791. The fourth-order valence-corrected chi connectivity index (χ4v) is 2.73. The lowest BCUT2D eigenvalue weighted by atomic mass is 9.74. The van der Waals surface area contributed by atoms with E-state index < -0.39 is 0 Å². The average Bonchev–Trinajstić information content (AvgIpc) is 2.64. The maximum Gasteiger partial charge on any atom is 0.0674 e. The van der Waals surface area contributed by atoms with E-state index in [0.29, 0.717) is 0 Å². The van der Waals surface area contributed by atoms with E-state index in [1.165, 1.54) is 22.4 Å². The molecule has 0 spiro atoms. The van der Waals surface area contributed by atoms with Gasteiger partial charge < -0.3 is 0 Å². The summed E-state index contributed by atoms with van der Waals surface area (Å²) in [5.41, 5.74) is 6.13. The van der Waals surface area contributed by atoms with Gasteiger partial charge in [-0.1, -0.05) is 48.0 Å². The molecule has 1 heterocycles. The van der Waals surface area contributed by atoms with Crippen LogP contribution in [0.3, 0.4) is 0 Å². The van der Waals surface area contributed by atoms with E-state index in [1.54, 1.807) is 0 Å². The minimum Gasteiger partial charge on any atom is -0.257 e. The Kier molecular flexibility index (Phi) is 2.37. The minimum absolute atomic E-state index is 0.0791. The molecule has 0 aromatic heterocycles. The number of rotatable bonds is 1. The van der Waals surface area contributed by atoms with Crippen molar-refractivity contribution in [1.82, 2.24) is 0 Å². The molecule has 90 valence electrons. The van der Waals surface area contributed by atoms with Crippen molar-refractivity contribution in [3.05, 3.63) is 65.2 Å². The highest BCUT2D eigenvalue weighted by Gasteiger charge is 2.37. The molecule has 0 fully saturated rings. The van der Waals surface area contributed by atoms with Gasteiger partial charge in [0.25, 0.3) is 0 Å². The van der Waals surface area contributed by atoms with Crippen molar-refractivity contribution in [3.8, 4) is 0 Å². The van der Waals surface area contributed by atoms with Crippen molar-refractivity contribution in [2.45, 2.75) is 26.2 Å². The molecule has 2 aromatic carbocycles. The van der Waals surface area contributed by atoms with E-state index in [9.17, 15) is 0 Å². The molecule has 1 aliphatic rings. The van der Waals surface area contributed by atoms with Crippen molar-refractivity contribution in [2.24, 2.45) is 4.99 Å². The van der Waals surface area contributed by atoms with Gasteiger partial charge in [0.2, 0.25) is 0 Å². The lowest BCUT2D eigenvalue weighted by Crippen LogP contribution is -2.28. The number of nitrogens with zero attached hydrogens (tertiary/aromatic N) is 1. The summed E-state index contributed by atoms with van der Waals surface area (Å²) >= 11 is 0. The Hall–Kier alpha value is -1.89. The van der Waals surface area contributed by atoms with E-state index in [2.05, 4.69) is 69.3 Å². The fraction of sp³-hybridized carbons (Fsp3) is 0.235. The average molecular weight is 235 g/mol. The van der Waals surface area contributed by atoms with Crippen LogP contribution in [0.4, 0.5) is 5.69 Å². The van der Waals surface area contributed by atoms with Crippen LogP contribution in [0.1, 0.15) is 30.5 Å². The van der Waals surface area contributed by atoms with Gasteiger partial charge in [0.05, 0.1) is 11.1 Å². The second-order valence-corrected chi connectivity index (χ2v) is 5.21. The van der Waals surface area contributed by atoms with E-state index in [1.807, 2.05) is 0 Å². The molecule has 1 aliphatic heterocycles. The Balaban J connectivity index is 2.21. The smallest absolute Gasteiger partial charge is 0.0674 e. The first-order chi connectivity index (χ1) is 8.62. The molecule has 1 unspecified atom stereocenters. The fourth-order valence-electron chi connectivity index (χ4n) is 2.73. The first kappa shape index (κ1) is 11.2. The van der Waals surface area contributed by atoms with E-state index in [-0.39, 0.29) is 5.41 Å². The number of fused-ring (bicyclic) bond motifs is 1. The Bertz CT molecular complexity index is 622. The summed E-state index contributed by atoms with van der Waals surface area (Å²) in [4.78, 5) is 4.72. The number of aryl methyl sites for hydroxylation is 1. The van der Waals surface area contributed by atoms with Crippen molar-refractivity contribution < 1.29 is 0 Å². The number of benzene rings is 2. The van der Waals surface area contributed by atoms with Crippen molar-refractivity contribution in [1.29, 1.82) is 0 Å². The molecular weight excluding hydrogens is 218 g/mol. The number of hydrogen-bond acceptors (Lipinski definition) is 1. The lowest BCUT2D eigenvalue weighted by molar-refractivity contribution is 0.789. The van der Waals surface area contributed by atoms with Gasteiger partial charge in [0, 0.05) is 5.71 Å². The largest absolute Gasteiger partial charge is 0.257 e. The van der Waals surface area contributed by atoms with Crippen LogP contribution >= 0.6 is 0 Å². The standard InChI is InChI=1S/C17H17N/c1-12-8-10-14(11-9-12)17(3)13(2)18-16-7-5-4-6-15(16)17/h4-11H,1-3H3. The molecule has 1 nitrogen and oxygen atoms in total. The third-order valence-corrected chi connectivity index (χ3v) is 4.08. The molecule has 3 rings (SSSR count). The highest BCUT2D eigenvalue weighted by molar-refractivity contribution is 6.02. The zero-order valence-corrected chi connectivity index (χ0v) is 11.1. The maximum absolute atomic E-state index is 4.72.